The van der Waals surface area contributed by atoms with Crippen LogP contribution in [0.5, 0.6) is 0 Å². The first-order valence-corrected chi connectivity index (χ1v) is 5.68. The van der Waals surface area contributed by atoms with E-state index in [-0.39, 0.29) is 0 Å². The molecule has 3 heteroatoms. The summed E-state index contributed by atoms with van der Waals surface area (Å²) >= 11 is 0. The van der Waals surface area contributed by atoms with E-state index in [1.165, 1.54) is 0 Å². The lowest BCUT2D eigenvalue weighted by atomic mass is 10.3. The Kier molecular flexibility index (Phi) is 5.68. The van der Waals surface area contributed by atoms with Crippen molar-refractivity contribution in [3.8, 4) is 0 Å². The topological polar surface area (TPSA) is 9.23 Å². The van der Waals surface area contributed by atoms with Crippen molar-refractivity contribution in [2.24, 2.45) is 0 Å². The minimum absolute atomic E-state index is 0.373. The third kappa shape index (κ3) is 8.66. The Morgan fingerprint density at radius 1 is 1.30 bits per heavy atom. The Morgan fingerprint density at radius 3 is 2.30 bits per heavy atom. The van der Waals surface area contributed by atoms with Gasteiger partial charge in [-0.05, 0) is 0 Å². The number of ether oxygens (including phenoxy) is 1. The monoisotopic (exact) mass is 180 g/mol. The van der Waals surface area contributed by atoms with E-state index in [1.807, 2.05) is 21.6 Å². The zero-order valence-corrected chi connectivity index (χ0v) is 8.77. The standard InChI is InChI=1S/C7H16OS2/c1-7(2,3)10-9-6-5-8-4/h5-6H2,1-4H3. The molecule has 0 atom stereocenters. The molecule has 10 heavy (non-hydrogen) atoms. The van der Waals surface area contributed by atoms with Crippen LogP contribution in [0.3, 0.4) is 0 Å². The highest BCUT2D eigenvalue weighted by atomic mass is 33.1. The SMILES string of the molecule is COCCSSC(C)(C)C. The van der Waals surface area contributed by atoms with Crippen LogP contribution in [0.25, 0.3) is 0 Å². The van der Waals surface area contributed by atoms with E-state index in [2.05, 4.69) is 20.8 Å². The molecule has 0 saturated heterocycles. The van der Waals surface area contributed by atoms with Crippen molar-refractivity contribution >= 4 is 21.6 Å². The molecule has 0 radical (unpaired) electrons. The van der Waals surface area contributed by atoms with Gasteiger partial charge in [-0.2, -0.15) is 0 Å². The molecule has 0 bridgehead atoms. The summed E-state index contributed by atoms with van der Waals surface area (Å²) in [5.41, 5.74) is 0. The Labute approximate surface area is 71.7 Å². The third-order valence-corrected chi connectivity index (χ3v) is 3.98. The average molecular weight is 180 g/mol. The molecule has 0 fully saturated rings. The average Bonchev–Trinajstić information content (AvgIpc) is 1.78. The normalized spacial score (nSPS) is 12.0. The predicted molar refractivity (Wildman–Crippen MR) is 51.7 cm³/mol. The van der Waals surface area contributed by atoms with Gasteiger partial charge in [-0.1, -0.05) is 42.4 Å². The fourth-order valence-corrected chi connectivity index (χ4v) is 2.52. The van der Waals surface area contributed by atoms with Crippen LogP contribution in [0.4, 0.5) is 0 Å². The van der Waals surface area contributed by atoms with E-state index in [0.29, 0.717) is 4.75 Å². The molecule has 0 rings (SSSR count). The molecular formula is C7H16OS2. The van der Waals surface area contributed by atoms with Gasteiger partial charge in [0.15, 0.2) is 0 Å². The molecule has 0 aliphatic rings. The summed E-state index contributed by atoms with van der Waals surface area (Å²) in [6.45, 7) is 7.51. The smallest absolute Gasteiger partial charge is 0.0561 e. The van der Waals surface area contributed by atoms with Crippen LogP contribution in [-0.2, 0) is 4.74 Å². The highest BCUT2D eigenvalue weighted by molar-refractivity contribution is 8.77. The van der Waals surface area contributed by atoms with Crippen LogP contribution < -0.4 is 0 Å². The van der Waals surface area contributed by atoms with Crippen molar-refractivity contribution in [2.45, 2.75) is 25.5 Å². The second-order valence-electron chi connectivity index (χ2n) is 3.01. The van der Waals surface area contributed by atoms with E-state index in [4.69, 9.17) is 4.74 Å². The number of hydrogen-bond donors (Lipinski definition) is 0. The second-order valence-corrected chi connectivity index (χ2v) is 6.25. The first-order valence-electron chi connectivity index (χ1n) is 3.36. The molecule has 0 aliphatic carbocycles. The number of methoxy groups -OCH3 is 1. The molecule has 1 nitrogen and oxygen atoms in total. The number of rotatable bonds is 4. The summed E-state index contributed by atoms with van der Waals surface area (Å²) in [6.07, 6.45) is 0. The van der Waals surface area contributed by atoms with Gasteiger partial charge in [-0.25, -0.2) is 0 Å². The lowest BCUT2D eigenvalue weighted by Crippen LogP contribution is -2.05. The van der Waals surface area contributed by atoms with Crippen LogP contribution in [0.1, 0.15) is 20.8 Å². The zero-order chi connectivity index (χ0) is 8.04. The summed E-state index contributed by atoms with van der Waals surface area (Å²) < 4.78 is 5.30. The summed E-state index contributed by atoms with van der Waals surface area (Å²) in [5.74, 6) is 1.08. The molecule has 0 unspecified atom stereocenters. The van der Waals surface area contributed by atoms with Gasteiger partial charge in [-0.3, -0.25) is 0 Å². The van der Waals surface area contributed by atoms with Gasteiger partial charge in [0.05, 0.1) is 6.61 Å². The molecular weight excluding hydrogens is 164 g/mol. The van der Waals surface area contributed by atoms with Crippen molar-refractivity contribution in [2.75, 3.05) is 19.5 Å². The van der Waals surface area contributed by atoms with E-state index in [0.717, 1.165) is 12.4 Å². The molecule has 62 valence electrons. The van der Waals surface area contributed by atoms with E-state index >= 15 is 0 Å². The quantitative estimate of drug-likeness (QED) is 0.486. The molecule has 0 aromatic carbocycles. The number of hydrogen-bond acceptors (Lipinski definition) is 3. The molecule has 0 N–H and O–H groups in total. The zero-order valence-electron chi connectivity index (χ0n) is 7.14. The van der Waals surface area contributed by atoms with Gasteiger partial charge >= 0.3 is 0 Å². The Balaban J connectivity index is 3.04. The van der Waals surface area contributed by atoms with Gasteiger partial charge in [0.25, 0.3) is 0 Å². The van der Waals surface area contributed by atoms with Crippen molar-refractivity contribution in [3.63, 3.8) is 0 Å². The van der Waals surface area contributed by atoms with Gasteiger partial charge in [0, 0.05) is 17.6 Å². The molecule has 0 amide bonds. The fraction of sp³-hybridized carbons (Fsp3) is 1.00. The van der Waals surface area contributed by atoms with E-state index < -0.39 is 0 Å². The van der Waals surface area contributed by atoms with Crippen molar-refractivity contribution < 1.29 is 4.74 Å². The first kappa shape index (κ1) is 10.7. The maximum Gasteiger partial charge on any atom is 0.0561 e. The van der Waals surface area contributed by atoms with Crippen LogP contribution in [-0.4, -0.2) is 24.2 Å². The van der Waals surface area contributed by atoms with E-state index in [9.17, 15) is 0 Å². The summed E-state index contributed by atoms with van der Waals surface area (Å²) in [7, 11) is 5.53. The van der Waals surface area contributed by atoms with Gasteiger partial charge in [0.2, 0.25) is 0 Å². The lowest BCUT2D eigenvalue weighted by molar-refractivity contribution is 0.219. The molecule has 0 spiro atoms. The summed E-state index contributed by atoms with van der Waals surface area (Å²) in [6, 6.07) is 0. The largest absolute Gasteiger partial charge is 0.384 e. The van der Waals surface area contributed by atoms with Crippen LogP contribution in [0.15, 0.2) is 0 Å². The molecule has 0 aliphatic heterocycles. The first-order chi connectivity index (χ1) is 4.56. The van der Waals surface area contributed by atoms with Gasteiger partial charge in [0.1, 0.15) is 0 Å². The van der Waals surface area contributed by atoms with E-state index in [1.54, 1.807) is 7.11 Å². The van der Waals surface area contributed by atoms with Crippen molar-refractivity contribution in [1.29, 1.82) is 0 Å². The Morgan fingerprint density at radius 2 is 1.90 bits per heavy atom. The maximum absolute atomic E-state index is 4.92. The predicted octanol–water partition coefficient (Wildman–Crippen LogP) is 2.81. The van der Waals surface area contributed by atoms with Crippen molar-refractivity contribution in [3.05, 3.63) is 0 Å². The van der Waals surface area contributed by atoms with Crippen LogP contribution in [0, 0.1) is 0 Å². The maximum atomic E-state index is 4.92. The van der Waals surface area contributed by atoms with Gasteiger partial charge in [-0.15, -0.1) is 0 Å². The van der Waals surface area contributed by atoms with Crippen LogP contribution >= 0.6 is 21.6 Å². The Hall–Kier alpha value is 0.660. The highest BCUT2D eigenvalue weighted by Crippen LogP contribution is 2.34. The lowest BCUT2D eigenvalue weighted by Gasteiger charge is -2.15. The molecule has 0 heterocycles. The fourth-order valence-electron chi connectivity index (χ4n) is 0.336. The summed E-state index contributed by atoms with van der Waals surface area (Å²) in [4.78, 5) is 0. The third-order valence-electron chi connectivity index (χ3n) is 0.680. The molecule has 0 aromatic heterocycles. The van der Waals surface area contributed by atoms with Crippen LogP contribution in [0.2, 0.25) is 0 Å². The van der Waals surface area contributed by atoms with Crippen molar-refractivity contribution in [1.82, 2.24) is 0 Å². The minimum atomic E-state index is 0.373. The van der Waals surface area contributed by atoms with Gasteiger partial charge < -0.3 is 4.74 Å². The Bertz CT molecular complexity index is 78.2. The molecule has 0 aromatic rings. The highest BCUT2D eigenvalue weighted by Gasteiger charge is 2.09. The molecule has 0 saturated carbocycles. The summed E-state index contributed by atoms with van der Waals surface area (Å²) in [5, 5.41) is 0. The second kappa shape index (κ2) is 5.33. The minimum Gasteiger partial charge on any atom is -0.384 e.